The largest absolute Gasteiger partial charge is 0.472 e. The van der Waals surface area contributed by atoms with Gasteiger partial charge in [-0.05, 0) is 51.4 Å². The van der Waals surface area contributed by atoms with Gasteiger partial charge < -0.3 is 20.1 Å². The number of allylic oxidation sites excluding steroid dienone is 8. The van der Waals surface area contributed by atoms with Gasteiger partial charge >= 0.3 is 19.8 Å². The molecule has 9 nitrogen and oxygen atoms in total. The highest BCUT2D eigenvalue weighted by Gasteiger charge is 2.25. The first-order valence-corrected chi connectivity index (χ1v) is 18.6. The number of phosphoric ester groups is 1. The first kappa shape index (κ1) is 43.0. The van der Waals surface area contributed by atoms with Gasteiger partial charge in [-0.15, -0.1) is 0 Å². The third kappa shape index (κ3) is 31.7. The molecule has 0 saturated carbocycles. The molecule has 45 heavy (non-hydrogen) atoms. The summed E-state index contributed by atoms with van der Waals surface area (Å²) >= 11 is 0. The van der Waals surface area contributed by atoms with E-state index in [1.54, 1.807) is 0 Å². The lowest BCUT2D eigenvalue weighted by molar-refractivity contribution is -0.161. The Balaban J connectivity index is 4.32. The topological polar surface area (TPSA) is 134 Å². The number of esters is 2. The molecule has 0 aromatic heterocycles. The van der Waals surface area contributed by atoms with Gasteiger partial charge in [-0.25, -0.2) is 4.57 Å². The summed E-state index contributed by atoms with van der Waals surface area (Å²) in [5.41, 5.74) is 5.30. The third-order valence-corrected chi connectivity index (χ3v) is 7.70. The van der Waals surface area contributed by atoms with Crippen molar-refractivity contribution in [2.75, 3.05) is 26.4 Å². The van der Waals surface area contributed by atoms with Crippen LogP contribution in [0.4, 0.5) is 0 Å². The van der Waals surface area contributed by atoms with Crippen LogP contribution >= 0.6 is 7.82 Å². The molecule has 0 radical (unpaired) electrons. The normalized spacial score (nSPS) is 14.1. The van der Waals surface area contributed by atoms with E-state index in [0.717, 1.165) is 44.9 Å². The van der Waals surface area contributed by atoms with Gasteiger partial charge in [0, 0.05) is 19.4 Å². The van der Waals surface area contributed by atoms with Gasteiger partial charge in [-0.2, -0.15) is 0 Å². The van der Waals surface area contributed by atoms with Crippen LogP contribution in [0.3, 0.4) is 0 Å². The first-order valence-electron chi connectivity index (χ1n) is 17.1. The van der Waals surface area contributed by atoms with Crippen molar-refractivity contribution >= 4 is 19.8 Å². The fourth-order valence-electron chi connectivity index (χ4n) is 4.15. The summed E-state index contributed by atoms with van der Waals surface area (Å²) < 4.78 is 32.4. The Bertz CT molecular complexity index is 887. The number of rotatable bonds is 31. The summed E-state index contributed by atoms with van der Waals surface area (Å²) in [6.07, 6.45) is 33.1. The molecule has 260 valence electrons. The van der Waals surface area contributed by atoms with Gasteiger partial charge in [0.15, 0.2) is 6.10 Å². The fourth-order valence-corrected chi connectivity index (χ4v) is 4.92. The molecule has 0 rings (SSSR count). The minimum Gasteiger partial charge on any atom is -0.462 e. The van der Waals surface area contributed by atoms with Gasteiger partial charge in [0.25, 0.3) is 0 Å². The fraction of sp³-hybridized carbons (Fsp3) is 0.714. The highest BCUT2D eigenvalue weighted by Crippen LogP contribution is 2.43. The second kappa shape index (κ2) is 31.9. The molecule has 0 amide bonds. The predicted octanol–water partition coefficient (Wildman–Crippen LogP) is 8.82. The second-order valence-corrected chi connectivity index (χ2v) is 12.5. The Kier molecular flexibility index (Phi) is 30.5. The van der Waals surface area contributed by atoms with E-state index >= 15 is 0 Å². The maximum absolute atomic E-state index is 12.4. The SMILES string of the molecule is CCCCC/C=C/C/C=C/C/C=C/C/C=C/CCCC(=O)OC[C@@H](COP(=O)(O)OCCN)OC(=O)CCCCCCCCC. The van der Waals surface area contributed by atoms with E-state index < -0.39 is 32.5 Å². The van der Waals surface area contributed by atoms with E-state index in [0.29, 0.717) is 12.8 Å². The Morgan fingerprint density at radius 2 is 1.18 bits per heavy atom. The molecule has 0 bridgehead atoms. The molecule has 0 aromatic carbocycles. The average Bonchev–Trinajstić information content (AvgIpc) is 3.02. The van der Waals surface area contributed by atoms with E-state index in [1.807, 2.05) is 6.08 Å². The minimum absolute atomic E-state index is 0.0451. The molecule has 10 heteroatoms. The minimum atomic E-state index is -4.37. The van der Waals surface area contributed by atoms with Crippen LogP contribution in [0.15, 0.2) is 48.6 Å². The molecule has 0 aliphatic rings. The Morgan fingerprint density at radius 1 is 0.667 bits per heavy atom. The van der Waals surface area contributed by atoms with Crippen LogP contribution < -0.4 is 5.73 Å². The van der Waals surface area contributed by atoms with Crippen molar-refractivity contribution in [1.82, 2.24) is 0 Å². The Hall–Kier alpha value is -2.03. The number of hydrogen-bond donors (Lipinski definition) is 2. The summed E-state index contributed by atoms with van der Waals surface area (Å²) in [5, 5.41) is 0. The monoisotopic (exact) mass is 655 g/mol. The van der Waals surface area contributed by atoms with Gasteiger partial charge in [0.05, 0.1) is 13.2 Å². The standard InChI is InChI=1S/C35H62NO8P/c1-3-5-7-9-11-12-13-14-15-16-17-18-19-20-22-23-25-27-34(37)41-31-33(32-43-45(39,40)42-30-29-36)44-35(38)28-26-24-21-10-8-6-4-2/h11-12,14-15,17-18,20,22,33H,3-10,13,16,19,21,23-32,36H2,1-2H3,(H,39,40)/b12-11+,15-14+,18-17+,22-20+/t33-/m0/s1. The molecule has 0 aromatic rings. The van der Waals surface area contributed by atoms with Crippen LogP contribution in [0.1, 0.15) is 129 Å². The zero-order valence-electron chi connectivity index (χ0n) is 28.1. The zero-order valence-corrected chi connectivity index (χ0v) is 29.0. The van der Waals surface area contributed by atoms with E-state index in [-0.39, 0.29) is 32.6 Å². The number of carbonyl (C=O) groups is 2. The van der Waals surface area contributed by atoms with Crippen molar-refractivity contribution in [1.29, 1.82) is 0 Å². The van der Waals surface area contributed by atoms with Crippen molar-refractivity contribution < 1.29 is 37.6 Å². The molecular formula is C35H62NO8P. The van der Waals surface area contributed by atoms with Crippen LogP contribution in [0, 0.1) is 0 Å². The van der Waals surface area contributed by atoms with E-state index in [1.165, 1.54) is 44.9 Å². The lowest BCUT2D eigenvalue weighted by Crippen LogP contribution is -2.29. The molecule has 2 atom stereocenters. The third-order valence-electron chi connectivity index (χ3n) is 6.72. The van der Waals surface area contributed by atoms with Crippen molar-refractivity contribution in [3.05, 3.63) is 48.6 Å². The van der Waals surface area contributed by atoms with Gasteiger partial charge in [0.2, 0.25) is 0 Å². The average molecular weight is 656 g/mol. The number of phosphoric acid groups is 1. The smallest absolute Gasteiger partial charge is 0.462 e. The molecule has 3 N–H and O–H groups in total. The van der Waals surface area contributed by atoms with Crippen molar-refractivity contribution in [3.8, 4) is 0 Å². The lowest BCUT2D eigenvalue weighted by Gasteiger charge is -2.19. The molecule has 0 aliphatic carbocycles. The number of nitrogens with two attached hydrogens (primary N) is 1. The van der Waals surface area contributed by atoms with Crippen molar-refractivity contribution in [3.63, 3.8) is 0 Å². The first-order chi connectivity index (χ1) is 21.8. The molecular weight excluding hydrogens is 593 g/mol. The van der Waals surface area contributed by atoms with Crippen LogP contribution in [-0.2, 0) is 32.7 Å². The summed E-state index contributed by atoms with van der Waals surface area (Å²) in [5.74, 6) is -0.907. The van der Waals surface area contributed by atoms with Gasteiger partial charge in [-0.1, -0.05) is 114 Å². The van der Waals surface area contributed by atoms with Gasteiger partial charge in [0.1, 0.15) is 6.61 Å². The summed E-state index contributed by atoms with van der Waals surface area (Å²) in [7, 11) is -4.37. The molecule has 0 fully saturated rings. The number of unbranched alkanes of at least 4 members (excludes halogenated alkanes) is 10. The second-order valence-electron chi connectivity index (χ2n) is 11.0. The molecule has 0 spiro atoms. The van der Waals surface area contributed by atoms with Crippen molar-refractivity contribution in [2.24, 2.45) is 5.73 Å². The number of ether oxygens (including phenoxy) is 2. The molecule has 1 unspecified atom stereocenters. The summed E-state index contributed by atoms with van der Waals surface area (Å²) in [6, 6.07) is 0. The van der Waals surface area contributed by atoms with Crippen LogP contribution in [-0.4, -0.2) is 49.3 Å². The van der Waals surface area contributed by atoms with Crippen LogP contribution in [0.2, 0.25) is 0 Å². The van der Waals surface area contributed by atoms with E-state index in [2.05, 4.69) is 56.4 Å². The van der Waals surface area contributed by atoms with Crippen LogP contribution in [0.5, 0.6) is 0 Å². The van der Waals surface area contributed by atoms with Crippen LogP contribution in [0.25, 0.3) is 0 Å². The lowest BCUT2D eigenvalue weighted by atomic mass is 10.1. The molecule has 0 aliphatic heterocycles. The van der Waals surface area contributed by atoms with Crippen molar-refractivity contribution in [2.45, 2.75) is 136 Å². The van der Waals surface area contributed by atoms with E-state index in [4.69, 9.17) is 24.3 Å². The number of hydrogen-bond acceptors (Lipinski definition) is 8. The quantitative estimate of drug-likeness (QED) is 0.0325. The molecule has 0 saturated heterocycles. The highest BCUT2D eigenvalue weighted by atomic mass is 31.2. The maximum atomic E-state index is 12.4. The maximum Gasteiger partial charge on any atom is 0.472 e. The summed E-state index contributed by atoms with van der Waals surface area (Å²) in [6.45, 7) is 3.55. The Labute approximate surface area is 273 Å². The predicted molar refractivity (Wildman–Crippen MR) is 183 cm³/mol. The summed E-state index contributed by atoms with van der Waals surface area (Å²) in [4.78, 5) is 34.4. The molecule has 0 heterocycles. The number of carbonyl (C=O) groups excluding carboxylic acids is 2. The Morgan fingerprint density at radius 3 is 1.78 bits per heavy atom. The highest BCUT2D eigenvalue weighted by molar-refractivity contribution is 7.47. The zero-order chi connectivity index (χ0) is 33.3. The van der Waals surface area contributed by atoms with Gasteiger partial charge in [-0.3, -0.25) is 18.6 Å². The van der Waals surface area contributed by atoms with E-state index in [9.17, 15) is 19.0 Å².